The first-order valence-corrected chi connectivity index (χ1v) is 5.78. The van der Waals surface area contributed by atoms with Gasteiger partial charge in [-0.2, -0.15) is 0 Å². The molecule has 2 aromatic rings. The molecule has 0 spiro atoms. The molecule has 7 nitrogen and oxygen atoms in total. The van der Waals surface area contributed by atoms with Crippen molar-refractivity contribution in [2.75, 3.05) is 0 Å². The van der Waals surface area contributed by atoms with Crippen LogP contribution < -0.4 is 11.2 Å². The number of hydrogen-bond acceptors (Lipinski definition) is 5. The van der Waals surface area contributed by atoms with Gasteiger partial charge in [-0.05, 0) is 6.42 Å². The summed E-state index contributed by atoms with van der Waals surface area (Å²) in [6, 6.07) is 0. The Labute approximate surface area is 102 Å². The molecule has 0 unspecified atom stereocenters. The predicted molar refractivity (Wildman–Crippen MR) is 63.5 cm³/mol. The van der Waals surface area contributed by atoms with E-state index in [0.29, 0.717) is 30.2 Å². The molecule has 0 radical (unpaired) electrons. The fourth-order valence-electron chi connectivity index (χ4n) is 1.56. The number of aryl methyl sites for hydroxylation is 2. The highest BCUT2D eigenvalue weighted by atomic mass is 16.4. The van der Waals surface area contributed by atoms with E-state index in [2.05, 4.69) is 15.2 Å². The van der Waals surface area contributed by atoms with Crippen molar-refractivity contribution in [1.29, 1.82) is 0 Å². The van der Waals surface area contributed by atoms with E-state index in [1.807, 2.05) is 13.8 Å². The summed E-state index contributed by atoms with van der Waals surface area (Å²) in [7, 11) is 0. The van der Waals surface area contributed by atoms with E-state index in [9.17, 15) is 9.59 Å². The van der Waals surface area contributed by atoms with Crippen LogP contribution in [0.4, 0.5) is 0 Å². The second-order valence-corrected chi connectivity index (χ2v) is 3.84. The summed E-state index contributed by atoms with van der Waals surface area (Å²) in [6.07, 6.45) is 2.73. The minimum Gasteiger partial charge on any atom is -0.423 e. The van der Waals surface area contributed by atoms with Gasteiger partial charge in [0.25, 0.3) is 5.56 Å². The summed E-state index contributed by atoms with van der Waals surface area (Å²) in [4.78, 5) is 25.3. The van der Waals surface area contributed by atoms with Crippen LogP contribution in [0.3, 0.4) is 0 Å². The fourth-order valence-corrected chi connectivity index (χ4v) is 1.56. The van der Waals surface area contributed by atoms with Crippen molar-refractivity contribution in [3.05, 3.63) is 44.4 Å². The Morgan fingerprint density at radius 2 is 1.94 bits per heavy atom. The van der Waals surface area contributed by atoms with Gasteiger partial charge in [-0.25, -0.2) is 4.79 Å². The van der Waals surface area contributed by atoms with Crippen LogP contribution in [-0.2, 0) is 19.4 Å². The molecule has 0 fully saturated rings. The van der Waals surface area contributed by atoms with Gasteiger partial charge in [0.05, 0.1) is 0 Å². The van der Waals surface area contributed by atoms with E-state index in [1.165, 1.54) is 10.8 Å². The third kappa shape index (κ3) is 2.39. The first-order valence-electron chi connectivity index (χ1n) is 5.78. The highest BCUT2D eigenvalue weighted by Gasteiger charge is 2.08. The highest BCUT2D eigenvalue weighted by Crippen LogP contribution is 2.01. The number of rotatable bonds is 4. The largest absolute Gasteiger partial charge is 0.423 e. The maximum absolute atomic E-state index is 11.6. The summed E-state index contributed by atoms with van der Waals surface area (Å²) in [6.45, 7) is 3.91. The molecule has 0 aliphatic heterocycles. The van der Waals surface area contributed by atoms with Crippen molar-refractivity contribution in [3.63, 3.8) is 0 Å². The zero-order valence-electron chi connectivity index (χ0n) is 10.3. The maximum Gasteiger partial charge on any atom is 0.328 e. The topological polar surface area (TPSA) is 93.8 Å². The van der Waals surface area contributed by atoms with E-state index in [-0.39, 0.29) is 12.1 Å². The molecule has 0 aromatic carbocycles. The van der Waals surface area contributed by atoms with Gasteiger partial charge >= 0.3 is 5.69 Å². The molecule has 18 heavy (non-hydrogen) atoms. The molecule has 0 bridgehead atoms. The molecule has 7 heteroatoms. The van der Waals surface area contributed by atoms with E-state index >= 15 is 0 Å². The van der Waals surface area contributed by atoms with Crippen LogP contribution in [0.2, 0.25) is 0 Å². The van der Waals surface area contributed by atoms with Gasteiger partial charge in [0.15, 0.2) is 0 Å². The Morgan fingerprint density at radius 3 is 2.56 bits per heavy atom. The predicted octanol–water partition coefficient (Wildman–Crippen LogP) is 0.0927. The Balaban J connectivity index is 2.34. The van der Waals surface area contributed by atoms with Crippen molar-refractivity contribution >= 4 is 0 Å². The smallest absolute Gasteiger partial charge is 0.328 e. The zero-order chi connectivity index (χ0) is 13.1. The monoisotopic (exact) mass is 250 g/mol. The first kappa shape index (κ1) is 12.3. The molecule has 0 atom stereocenters. The summed E-state index contributed by atoms with van der Waals surface area (Å²) < 4.78 is 6.68. The number of H-pyrrole nitrogens is 1. The fraction of sp³-hybridized carbons (Fsp3) is 0.455. The molecule has 2 rings (SSSR count). The third-order valence-corrected chi connectivity index (χ3v) is 2.58. The SMILES string of the molecule is CCc1nnc(Cn2cc(CC)c(=O)[nH]c2=O)o1. The van der Waals surface area contributed by atoms with Crippen molar-refractivity contribution in [2.24, 2.45) is 0 Å². The molecule has 0 aliphatic rings. The zero-order valence-corrected chi connectivity index (χ0v) is 10.3. The second-order valence-electron chi connectivity index (χ2n) is 3.84. The Morgan fingerprint density at radius 1 is 1.22 bits per heavy atom. The van der Waals surface area contributed by atoms with Crippen LogP contribution in [0.25, 0.3) is 0 Å². The molecule has 96 valence electrons. The molecule has 0 saturated heterocycles. The van der Waals surface area contributed by atoms with Gasteiger partial charge in [-0.1, -0.05) is 13.8 Å². The number of hydrogen-bond donors (Lipinski definition) is 1. The van der Waals surface area contributed by atoms with Crippen LogP contribution in [0, 0.1) is 0 Å². The van der Waals surface area contributed by atoms with Crippen molar-refractivity contribution in [1.82, 2.24) is 19.7 Å². The van der Waals surface area contributed by atoms with Gasteiger partial charge in [0, 0.05) is 18.2 Å². The lowest BCUT2D eigenvalue weighted by Crippen LogP contribution is -2.31. The number of nitrogens with one attached hydrogen (secondary N) is 1. The second kappa shape index (κ2) is 4.99. The normalized spacial score (nSPS) is 10.8. The van der Waals surface area contributed by atoms with Gasteiger partial charge in [0.1, 0.15) is 6.54 Å². The molecular formula is C11H14N4O3. The van der Waals surface area contributed by atoms with E-state index in [4.69, 9.17) is 4.42 Å². The first-order chi connectivity index (χ1) is 8.63. The van der Waals surface area contributed by atoms with Gasteiger partial charge in [-0.15, -0.1) is 10.2 Å². The molecule has 0 amide bonds. The highest BCUT2D eigenvalue weighted by molar-refractivity contribution is 5.04. The Hall–Kier alpha value is -2.18. The Bertz CT molecular complexity index is 653. The lowest BCUT2D eigenvalue weighted by molar-refractivity contribution is 0.437. The quantitative estimate of drug-likeness (QED) is 0.830. The van der Waals surface area contributed by atoms with Crippen LogP contribution in [0.1, 0.15) is 31.2 Å². The maximum atomic E-state index is 11.6. The molecule has 0 saturated carbocycles. The average Bonchev–Trinajstić information content (AvgIpc) is 2.80. The van der Waals surface area contributed by atoms with Crippen molar-refractivity contribution in [3.8, 4) is 0 Å². The van der Waals surface area contributed by atoms with E-state index < -0.39 is 5.69 Å². The van der Waals surface area contributed by atoms with Gasteiger partial charge in [0.2, 0.25) is 11.8 Å². The standard InChI is InChI=1S/C11H14N4O3/c1-3-7-5-15(11(17)12-10(7)16)6-9-14-13-8(4-2)18-9/h5H,3-4,6H2,1-2H3,(H,12,16,17). The molecule has 1 N–H and O–H groups in total. The average molecular weight is 250 g/mol. The van der Waals surface area contributed by atoms with E-state index in [1.54, 1.807) is 0 Å². The van der Waals surface area contributed by atoms with Crippen molar-refractivity contribution in [2.45, 2.75) is 33.2 Å². The molecule has 2 heterocycles. The number of nitrogens with zero attached hydrogens (tertiary/aromatic N) is 3. The van der Waals surface area contributed by atoms with Crippen LogP contribution in [0.5, 0.6) is 0 Å². The van der Waals surface area contributed by atoms with Crippen LogP contribution in [0.15, 0.2) is 20.2 Å². The summed E-state index contributed by atoms with van der Waals surface area (Å²) in [5, 5.41) is 7.65. The molecule has 0 aliphatic carbocycles. The summed E-state index contributed by atoms with van der Waals surface area (Å²) in [5.41, 5.74) is -0.281. The molecular weight excluding hydrogens is 236 g/mol. The lowest BCUT2D eigenvalue weighted by Gasteiger charge is -2.03. The number of aromatic nitrogens is 4. The number of aromatic amines is 1. The van der Waals surface area contributed by atoms with Crippen LogP contribution >= 0.6 is 0 Å². The van der Waals surface area contributed by atoms with Crippen LogP contribution in [-0.4, -0.2) is 19.7 Å². The molecule has 2 aromatic heterocycles. The minimum absolute atomic E-state index is 0.162. The third-order valence-electron chi connectivity index (χ3n) is 2.58. The van der Waals surface area contributed by atoms with E-state index in [0.717, 1.165) is 0 Å². The Kier molecular flexibility index (Phi) is 3.40. The summed E-state index contributed by atoms with van der Waals surface area (Å²) >= 11 is 0. The van der Waals surface area contributed by atoms with Gasteiger partial charge in [-0.3, -0.25) is 14.3 Å². The summed E-state index contributed by atoms with van der Waals surface area (Å²) in [5.74, 6) is 0.876. The lowest BCUT2D eigenvalue weighted by atomic mass is 10.3. The minimum atomic E-state index is -0.478. The van der Waals surface area contributed by atoms with Crippen molar-refractivity contribution < 1.29 is 4.42 Å². The van der Waals surface area contributed by atoms with Gasteiger partial charge < -0.3 is 4.42 Å².